The number of sulfonamides is 1. The Bertz CT molecular complexity index is 1370. The van der Waals surface area contributed by atoms with Crippen molar-refractivity contribution >= 4 is 26.5 Å². The van der Waals surface area contributed by atoms with Crippen LogP contribution in [0.15, 0.2) is 77.8 Å². The Kier molecular flexibility index (Phi) is 6.04. The van der Waals surface area contributed by atoms with Crippen molar-refractivity contribution < 1.29 is 30.7 Å². The van der Waals surface area contributed by atoms with Gasteiger partial charge in [0.2, 0.25) is 0 Å². The third-order valence-corrected chi connectivity index (χ3v) is 6.70. The minimum Gasteiger partial charge on any atom is -0.406 e. The molecule has 6 nitrogen and oxygen atoms in total. The number of anilines is 1. The fourth-order valence-corrected chi connectivity index (χ4v) is 5.10. The maximum absolute atomic E-state index is 13.4. The molecule has 4 aromatic rings. The number of rotatable bonds is 6. The summed E-state index contributed by atoms with van der Waals surface area (Å²) in [4.78, 5) is 8.65. The number of alkyl halides is 3. The molecule has 2 heterocycles. The second-order valence-corrected chi connectivity index (χ2v) is 9.23. The predicted molar refractivity (Wildman–Crippen MR) is 115 cm³/mol. The molecule has 0 bridgehead atoms. The van der Waals surface area contributed by atoms with Crippen LogP contribution in [0.3, 0.4) is 0 Å². The standard InChI is InChI=1S/C21H13F4N3O3S2/c22-14-9-7-13(8-10-14)19-18(17-6-1-2-11-26-17)27-20(32-19)28-33(29,30)16-5-3-4-15(12-16)31-21(23,24)25/h1-12H,(H,27,28). The minimum absolute atomic E-state index is 0.0443. The normalized spacial score (nSPS) is 11.9. The second kappa shape index (κ2) is 8.79. The molecule has 170 valence electrons. The summed E-state index contributed by atoms with van der Waals surface area (Å²) in [5, 5.41) is -0.0443. The van der Waals surface area contributed by atoms with Gasteiger partial charge in [0, 0.05) is 12.3 Å². The van der Waals surface area contributed by atoms with Crippen molar-refractivity contribution in [1.82, 2.24) is 9.97 Å². The molecule has 0 spiro atoms. The molecule has 0 radical (unpaired) electrons. The number of hydrogen-bond donors (Lipinski definition) is 1. The van der Waals surface area contributed by atoms with Gasteiger partial charge in [-0.1, -0.05) is 35.6 Å². The van der Waals surface area contributed by atoms with Crippen molar-refractivity contribution in [3.8, 4) is 27.6 Å². The Morgan fingerprint density at radius 3 is 2.39 bits per heavy atom. The van der Waals surface area contributed by atoms with Crippen LogP contribution in [-0.4, -0.2) is 24.7 Å². The van der Waals surface area contributed by atoms with E-state index < -0.39 is 32.8 Å². The molecule has 0 aliphatic heterocycles. The van der Waals surface area contributed by atoms with Crippen LogP contribution in [0, 0.1) is 5.82 Å². The number of benzene rings is 2. The first kappa shape index (κ1) is 22.7. The van der Waals surface area contributed by atoms with Crippen LogP contribution in [-0.2, 0) is 10.0 Å². The highest BCUT2D eigenvalue weighted by Gasteiger charge is 2.31. The molecule has 0 aliphatic carbocycles. The third kappa shape index (κ3) is 5.46. The molecule has 12 heteroatoms. The first-order chi connectivity index (χ1) is 15.6. The number of nitrogens with one attached hydrogen (secondary N) is 1. The Labute approximate surface area is 189 Å². The van der Waals surface area contributed by atoms with E-state index in [1.807, 2.05) is 0 Å². The number of hydrogen-bond acceptors (Lipinski definition) is 6. The van der Waals surface area contributed by atoms with Crippen molar-refractivity contribution in [1.29, 1.82) is 0 Å². The molecule has 0 amide bonds. The van der Waals surface area contributed by atoms with Crippen LogP contribution < -0.4 is 9.46 Å². The molecule has 0 saturated heterocycles. The van der Waals surface area contributed by atoms with Gasteiger partial charge < -0.3 is 4.74 Å². The summed E-state index contributed by atoms with van der Waals surface area (Å²) in [6.07, 6.45) is -3.42. The van der Waals surface area contributed by atoms with Gasteiger partial charge in [-0.25, -0.2) is 17.8 Å². The maximum atomic E-state index is 13.4. The van der Waals surface area contributed by atoms with Gasteiger partial charge in [-0.05, 0) is 42.0 Å². The smallest absolute Gasteiger partial charge is 0.406 e. The molecule has 2 aromatic carbocycles. The van der Waals surface area contributed by atoms with E-state index in [1.54, 1.807) is 24.4 Å². The monoisotopic (exact) mass is 495 g/mol. The number of aromatic nitrogens is 2. The topological polar surface area (TPSA) is 81.2 Å². The number of thiazole rings is 1. The van der Waals surface area contributed by atoms with E-state index in [4.69, 9.17) is 0 Å². The highest BCUT2D eigenvalue weighted by atomic mass is 32.2. The molecule has 0 saturated carbocycles. The third-order valence-electron chi connectivity index (χ3n) is 4.21. The highest BCUT2D eigenvalue weighted by molar-refractivity contribution is 7.93. The lowest BCUT2D eigenvalue weighted by atomic mass is 10.1. The van der Waals surface area contributed by atoms with Gasteiger partial charge >= 0.3 is 6.36 Å². The van der Waals surface area contributed by atoms with E-state index in [9.17, 15) is 26.0 Å². The van der Waals surface area contributed by atoms with Crippen LogP contribution in [0.2, 0.25) is 0 Å². The van der Waals surface area contributed by atoms with E-state index in [0.29, 0.717) is 21.8 Å². The van der Waals surface area contributed by atoms with Crippen LogP contribution >= 0.6 is 11.3 Å². The lowest BCUT2D eigenvalue weighted by Crippen LogP contribution is -2.18. The zero-order chi connectivity index (χ0) is 23.6. The summed E-state index contributed by atoms with van der Waals surface area (Å²) < 4.78 is 82.5. The number of ether oxygens (including phenoxy) is 1. The molecular weight excluding hydrogens is 482 g/mol. The Balaban J connectivity index is 1.71. The summed E-state index contributed by atoms with van der Waals surface area (Å²) in [6.45, 7) is 0. The van der Waals surface area contributed by atoms with E-state index in [1.165, 1.54) is 24.3 Å². The average Bonchev–Trinajstić information content (AvgIpc) is 3.17. The fraction of sp³-hybridized carbons (Fsp3) is 0.0476. The summed E-state index contributed by atoms with van der Waals surface area (Å²) >= 11 is 0.974. The van der Waals surface area contributed by atoms with Gasteiger partial charge in [0.25, 0.3) is 10.0 Å². The number of pyridine rings is 1. The summed E-state index contributed by atoms with van der Waals surface area (Å²) in [5.74, 6) is -1.12. The average molecular weight is 495 g/mol. The van der Waals surface area contributed by atoms with Crippen LogP contribution in [0.4, 0.5) is 22.7 Å². The zero-order valence-corrected chi connectivity index (χ0v) is 18.0. The Morgan fingerprint density at radius 2 is 1.73 bits per heavy atom. The van der Waals surface area contributed by atoms with Crippen molar-refractivity contribution in [2.75, 3.05) is 4.72 Å². The molecule has 33 heavy (non-hydrogen) atoms. The Morgan fingerprint density at radius 1 is 0.970 bits per heavy atom. The van der Waals surface area contributed by atoms with E-state index >= 15 is 0 Å². The first-order valence-electron chi connectivity index (χ1n) is 9.17. The number of halogens is 4. The molecule has 1 N–H and O–H groups in total. The molecular formula is C21H13F4N3O3S2. The van der Waals surface area contributed by atoms with Crippen molar-refractivity contribution in [2.45, 2.75) is 11.3 Å². The predicted octanol–water partition coefficient (Wildman–Crippen LogP) is 5.71. The molecule has 4 rings (SSSR count). The molecule has 2 aromatic heterocycles. The summed E-state index contributed by atoms with van der Waals surface area (Å²) in [7, 11) is -4.30. The zero-order valence-electron chi connectivity index (χ0n) is 16.4. The summed E-state index contributed by atoms with van der Waals surface area (Å²) in [5.41, 5.74) is 1.40. The second-order valence-electron chi connectivity index (χ2n) is 6.55. The first-order valence-corrected chi connectivity index (χ1v) is 11.5. The van der Waals surface area contributed by atoms with E-state index in [2.05, 4.69) is 19.4 Å². The lowest BCUT2D eigenvalue weighted by Gasteiger charge is -2.10. The number of nitrogens with zero attached hydrogens (tertiary/aromatic N) is 2. The van der Waals surface area contributed by atoms with E-state index in [-0.39, 0.29) is 5.13 Å². The van der Waals surface area contributed by atoms with Crippen LogP contribution in [0.5, 0.6) is 5.75 Å². The van der Waals surface area contributed by atoms with Gasteiger partial charge in [-0.2, -0.15) is 0 Å². The largest absolute Gasteiger partial charge is 0.573 e. The molecule has 0 fully saturated rings. The molecule has 0 atom stereocenters. The minimum atomic E-state index is -4.97. The van der Waals surface area contributed by atoms with Gasteiger partial charge in [-0.15, -0.1) is 13.2 Å². The summed E-state index contributed by atoms with van der Waals surface area (Å²) in [6, 6.07) is 14.7. The lowest BCUT2D eigenvalue weighted by molar-refractivity contribution is -0.274. The molecule has 0 unspecified atom stereocenters. The van der Waals surface area contributed by atoms with Crippen molar-refractivity contribution in [3.63, 3.8) is 0 Å². The van der Waals surface area contributed by atoms with Gasteiger partial charge in [0.15, 0.2) is 5.13 Å². The van der Waals surface area contributed by atoms with Gasteiger partial charge in [0.05, 0.1) is 15.5 Å². The van der Waals surface area contributed by atoms with Gasteiger partial charge in [-0.3, -0.25) is 9.71 Å². The van der Waals surface area contributed by atoms with Crippen LogP contribution in [0.1, 0.15) is 0 Å². The highest BCUT2D eigenvalue weighted by Crippen LogP contribution is 2.39. The quantitative estimate of drug-likeness (QED) is 0.347. The van der Waals surface area contributed by atoms with Gasteiger partial charge in [0.1, 0.15) is 17.3 Å². The fourth-order valence-electron chi connectivity index (χ4n) is 2.85. The maximum Gasteiger partial charge on any atom is 0.573 e. The van der Waals surface area contributed by atoms with Crippen LogP contribution in [0.25, 0.3) is 21.8 Å². The van der Waals surface area contributed by atoms with Crippen molar-refractivity contribution in [3.05, 3.63) is 78.7 Å². The Hall–Kier alpha value is -3.51. The molecule has 0 aliphatic rings. The SMILES string of the molecule is O=S(=O)(Nc1nc(-c2ccccn2)c(-c2ccc(F)cc2)s1)c1cccc(OC(F)(F)F)c1. The van der Waals surface area contributed by atoms with E-state index in [0.717, 1.165) is 35.6 Å². The van der Waals surface area contributed by atoms with Crippen molar-refractivity contribution in [2.24, 2.45) is 0 Å².